The number of benzene rings is 2. The maximum atomic E-state index is 12.7. The average molecular weight is 478 g/mol. The third kappa shape index (κ3) is 6.29. The van der Waals surface area contributed by atoms with E-state index in [0.29, 0.717) is 29.1 Å². The fraction of sp³-hybridized carbons (Fsp3) is 0.393. The Morgan fingerprint density at radius 1 is 1.00 bits per heavy atom. The molecule has 0 saturated carbocycles. The highest BCUT2D eigenvalue weighted by Crippen LogP contribution is 2.32. The molecule has 186 valence electrons. The van der Waals surface area contributed by atoms with E-state index in [0.717, 1.165) is 24.8 Å². The van der Waals surface area contributed by atoms with Gasteiger partial charge in [0, 0.05) is 23.5 Å². The van der Waals surface area contributed by atoms with Crippen molar-refractivity contribution in [2.24, 2.45) is 0 Å². The Kier molecular flexibility index (Phi) is 9.06. The molecule has 2 aromatic carbocycles. The second-order valence-corrected chi connectivity index (χ2v) is 8.75. The summed E-state index contributed by atoms with van der Waals surface area (Å²) in [7, 11) is 1.33. The Morgan fingerprint density at radius 3 is 2.29 bits per heavy atom. The highest BCUT2D eigenvalue weighted by atomic mass is 16.5. The van der Waals surface area contributed by atoms with Crippen molar-refractivity contribution in [3.8, 4) is 0 Å². The number of carbonyl (C=O) groups excluding carboxylic acids is 3. The van der Waals surface area contributed by atoms with E-state index in [1.54, 1.807) is 36.1 Å². The van der Waals surface area contributed by atoms with Gasteiger partial charge in [-0.15, -0.1) is 0 Å². The van der Waals surface area contributed by atoms with E-state index in [1.807, 2.05) is 31.2 Å². The molecule has 3 amide bonds. The van der Waals surface area contributed by atoms with Crippen LogP contribution in [0, 0.1) is 0 Å². The number of aryl methyl sites for hydroxylation is 1. The van der Waals surface area contributed by atoms with Gasteiger partial charge in [-0.05, 0) is 61.6 Å². The van der Waals surface area contributed by atoms with Crippen LogP contribution < -0.4 is 10.6 Å². The summed E-state index contributed by atoms with van der Waals surface area (Å²) in [6, 6.07) is 13.9. The molecule has 0 spiro atoms. The number of hydrogen-bond donors (Lipinski definition) is 2. The lowest BCUT2D eigenvalue weighted by Crippen LogP contribution is -2.48. The Morgan fingerprint density at radius 2 is 1.69 bits per heavy atom. The van der Waals surface area contributed by atoms with Crippen molar-refractivity contribution in [3.05, 3.63) is 76.5 Å². The molecule has 0 fully saturated rings. The minimum Gasteiger partial charge on any atom is -0.466 e. The normalized spacial score (nSPS) is 15.6. The SMILES string of the molecule is CCCCCc1ccc(C(=O)Nc2ccc(C3NC(=O)N(CCC)C(C)=C3C(=O)OC)cc2)cc1. The van der Waals surface area contributed by atoms with Crippen LogP contribution in [-0.2, 0) is 16.0 Å². The molecule has 7 nitrogen and oxygen atoms in total. The lowest BCUT2D eigenvalue weighted by atomic mass is 9.94. The molecule has 3 rings (SSSR count). The number of esters is 1. The molecule has 0 aliphatic carbocycles. The molecule has 7 heteroatoms. The van der Waals surface area contributed by atoms with Gasteiger partial charge in [0.25, 0.3) is 5.91 Å². The van der Waals surface area contributed by atoms with Gasteiger partial charge < -0.3 is 15.4 Å². The second-order valence-electron chi connectivity index (χ2n) is 8.75. The summed E-state index contributed by atoms with van der Waals surface area (Å²) >= 11 is 0. The summed E-state index contributed by atoms with van der Waals surface area (Å²) in [4.78, 5) is 39.5. The summed E-state index contributed by atoms with van der Waals surface area (Å²) in [6.45, 7) is 6.42. The molecule has 0 radical (unpaired) electrons. The molecule has 0 saturated heterocycles. The number of anilines is 1. The number of hydrogen-bond acceptors (Lipinski definition) is 4. The summed E-state index contributed by atoms with van der Waals surface area (Å²) < 4.78 is 5.00. The van der Waals surface area contributed by atoms with E-state index in [9.17, 15) is 14.4 Å². The van der Waals surface area contributed by atoms with Crippen molar-refractivity contribution in [1.82, 2.24) is 10.2 Å². The topological polar surface area (TPSA) is 87.7 Å². The summed E-state index contributed by atoms with van der Waals surface area (Å²) in [5.41, 5.74) is 4.16. The van der Waals surface area contributed by atoms with Gasteiger partial charge in [-0.2, -0.15) is 0 Å². The highest BCUT2D eigenvalue weighted by Gasteiger charge is 2.35. The number of amides is 3. The number of allylic oxidation sites excluding steroid dienone is 1. The van der Waals surface area contributed by atoms with Gasteiger partial charge in [0.2, 0.25) is 0 Å². The predicted octanol–water partition coefficient (Wildman–Crippen LogP) is 5.59. The van der Waals surface area contributed by atoms with Crippen LogP contribution in [-0.4, -0.2) is 36.5 Å². The molecule has 0 bridgehead atoms. The molecule has 1 heterocycles. The smallest absolute Gasteiger partial charge is 0.337 e. The largest absolute Gasteiger partial charge is 0.466 e. The molecule has 1 aliphatic rings. The van der Waals surface area contributed by atoms with Gasteiger partial charge >= 0.3 is 12.0 Å². The first-order chi connectivity index (χ1) is 16.9. The number of urea groups is 1. The number of methoxy groups -OCH3 is 1. The zero-order chi connectivity index (χ0) is 25.4. The maximum absolute atomic E-state index is 12.7. The number of carbonyl (C=O) groups is 3. The van der Waals surface area contributed by atoms with Crippen LogP contribution in [0.3, 0.4) is 0 Å². The van der Waals surface area contributed by atoms with Crippen LogP contribution in [0.1, 0.15) is 74.0 Å². The Balaban J connectivity index is 1.73. The van der Waals surface area contributed by atoms with Crippen LogP contribution in [0.2, 0.25) is 0 Å². The Labute approximate surface area is 207 Å². The van der Waals surface area contributed by atoms with Gasteiger partial charge in [0.1, 0.15) is 0 Å². The van der Waals surface area contributed by atoms with Crippen molar-refractivity contribution in [2.75, 3.05) is 19.0 Å². The molecule has 1 unspecified atom stereocenters. The molecule has 1 atom stereocenters. The second kappa shape index (κ2) is 12.2. The van der Waals surface area contributed by atoms with Crippen LogP contribution in [0.25, 0.3) is 0 Å². The Hall–Kier alpha value is -3.61. The van der Waals surface area contributed by atoms with Gasteiger partial charge in [-0.25, -0.2) is 9.59 Å². The highest BCUT2D eigenvalue weighted by molar-refractivity contribution is 6.04. The molecule has 2 aromatic rings. The first kappa shape index (κ1) is 26.0. The van der Waals surface area contributed by atoms with Gasteiger partial charge in [-0.1, -0.05) is 51.0 Å². The first-order valence-corrected chi connectivity index (χ1v) is 12.3. The molecule has 2 N–H and O–H groups in total. The summed E-state index contributed by atoms with van der Waals surface area (Å²) in [6.07, 6.45) is 5.32. The van der Waals surface area contributed by atoms with Gasteiger partial charge in [-0.3, -0.25) is 9.69 Å². The number of unbranched alkanes of at least 4 members (excludes halogenated alkanes) is 2. The zero-order valence-corrected chi connectivity index (χ0v) is 21.0. The quantitative estimate of drug-likeness (QED) is 0.345. The van der Waals surface area contributed by atoms with E-state index in [4.69, 9.17) is 4.74 Å². The van der Waals surface area contributed by atoms with E-state index in [1.165, 1.54) is 25.5 Å². The molecular weight excluding hydrogens is 442 g/mol. The number of nitrogens with zero attached hydrogens (tertiary/aromatic N) is 1. The fourth-order valence-electron chi connectivity index (χ4n) is 4.26. The van der Waals surface area contributed by atoms with Gasteiger partial charge in [0.15, 0.2) is 0 Å². The van der Waals surface area contributed by atoms with Crippen LogP contribution in [0.4, 0.5) is 10.5 Å². The molecule has 1 aliphatic heterocycles. The van der Waals surface area contributed by atoms with Crippen LogP contribution in [0.15, 0.2) is 59.8 Å². The number of rotatable bonds is 10. The zero-order valence-electron chi connectivity index (χ0n) is 21.0. The molecule has 35 heavy (non-hydrogen) atoms. The van der Waals surface area contributed by atoms with E-state index in [-0.39, 0.29) is 11.9 Å². The third-order valence-corrected chi connectivity index (χ3v) is 6.24. The summed E-state index contributed by atoms with van der Waals surface area (Å²) in [5.74, 6) is -0.672. The van der Waals surface area contributed by atoms with E-state index in [2.05, 4.69) is 17.6 Å². The lowest BCUT2D eigenvalue weighted by molar-refractivity contribution is -0.136. The van der Waals surface area contributed by atoms with Gasteiger partial charge in [0.05, 0.1) is 18.7 Å². The lowest BCUT2D eigenvalue weighted by Gasteiger charge is -2.35. The predicted molar refractivity (Wildman–Crippen MR) is 137 cm³/mol. The number of ether oxygens (including phenoxy) is 1. The molecule has 0 aromatic heterocycles. The van der Waals surface area contributed by atoms with E-state index < -0.39 is 12.0 Å². The van der Waals surface area contributed by atoms with Crippen molar-refractivity contribution >= 4 is 23.6 Å². The standard InChI is InChI=1S/C28H35N3O4/c1-5-7-8-9-20-10-12-22(13-11-20)26(32)29-23-16-14-21(15-17-23)25-24(27(33)35-4)19(3)31(18-6-2)28(34)30-25/h10-17,25H,5-9,18H2,1-4H3,(H,29,32)(H,30,34). The maximum Gasteiger partial charge on any atom is 0.337 e. The third-order valence-electron chi connectivity index (χ3n) is 6.24. The first-order valence-electron chi connectivity index (χ1n) is 12.3. The van der Waals surface area contributed by atoms with Crippen LogP contribution in [0.5, 0.6) is 0 Å². The van der Waals surface area contributed by atoms with E-state index >= 15 is 0 Å². The minimum atomic E-state index is -0.631. The van der Waals surface area contributed by atoms with Crippen molar-refractivity contribution in [3.63, 3.8) is 0 Å². The monoisotopic (exact) mass is 477 g/mol. The summed E-state index contributed by atoms with van der Waals surface area (Å²) in [5, 5.41) is 5.82. The van der Waals surface area contributed by atoms with Crippen molar-refractivity contribution in [1.29, 1.82) is 0 Å². The molecular formula is C28H35N3O4. The number of nitrogens with one attached hydrogen (secondary N) is 2. The van der Waals surface area contributed by atoms with Crippen molar-refractivity contribution in [2.45, 2.75) is 58.9 Å². The average Bonchev–Trinajstić information content (AvgIpc) is 2.87. The fourth-order valence-corrected chi connectivity index (χ4v) is 4.26. The minimum absolute atomic E-state index is 0.190. The Bertz CT molecular complexity index is 1070. The van der Waals surface area contributed by atoms with Crippen molar-refractivity contribution < 1.29 is 19.1 Å². The van der Waals surface area contributed by atoms with Crippen LogP contribution >= 0.6 is 0 Å².